The van der Waals surface area contributed by atoms with Gasteiger partial charge in [-0.2, -0.15) is 13.2 Å². The number of halogens is 3. The molecule has 0 spiro atoms. The summed E-state index contributed by atoms with van der Waals surface area (Å²) < 4.78 is 120. The number of alkyl halides is 3. The highest BCUT2D eigenvalue weighted by Gasteiger charge is 2.46. The van der Waals surface area contributed by atoms with E-state index in [-0.39, 0.29) is 16.2 Å². The molecule has 1 N–H and O–H groups in total. The first kappa shape index (κ1) is 27.6. The van der Waals surface area contributed by atoms with Gasteiger partial charge in [0.05, 0.1) is 21.8 Å². The Hall–Kier alpha value is -3.01. The summed E-state index contributed by atoms with van der Waals surface area (Å²) in [7, 11) is -13.2. The molecule has 0 saturated carbocycles. The fraction of sp³-hybridized carbons (Fsp3) is 0.190. The van der Waals surface area contributed by atoms with Crippen molar-refractivity contribution in [2.45, 2.75) is 38.2 Å². The first-order valence-electron chi connectivity index (χ1n) is 9.89. The lowest BCUT2D eigenvalue weighted by atomic mass is 10.1. The minimum absolute atomic E-state index is 0.0397. The molecule has 1 atom stereocenters. The van der Waals surface area contributed by atoms with Crippen LogP contribution in [0.3, 0.4) is 0 Å². The molecule has 0 unspecified atom stereocenters. The van der Waals surface area contributed by atoms with Gasteiger partial charge < -0.3 is 4.74 Å². The Bertz CT molecular complexity index is 1570. The van der Waals surface area contributed by atoms with E-state index in [9.17, 15) is 38.4 Å². The number of sulfonamides is 1. The minimum atomic E-state index is -5.63. The fourth-order valence-corrected chi connectivity index (χ4v) is 7.10. The summed E-state index contributed by atoms with van der Waals surface area (Å²) in [4.78, 5) is 2.26. The number of sulfone groups is 2. The van der Waals surface area contributed by atoms with Crippen LogP contribution in [0.15, 0.2) is 86.6 Å². The molecule has 2 aromatic carbocycles. The fourth-order valence-electron chi connectivity index (χ4n) is 3.10. The van der Waals surface area contributed by atoms with E-state index in [1.54, 1.807) is 0 Å². The predicted octanol–water partition coefficient (Wildman–Crippen LogP) is 3.26. The summed E-state index contributed by atoms with van der Waals surface area (Å²) in [5, 5.41) is -0.393. The number of nitrogens with zero attached hydrogens (tertiary/aromatic N) is 1. The van der Waals surface area contributed by atoms with Crippen molar-refractivity contribution in [1.82, 2.24) is 9.71 Å². The van der Waals surface area contributed by atoms with Gasteiger partial charge in [0.15, 0.2) is 5.03 Å². The Morgan fingerprint density at radius 1 is 0.861 bits per heavy atom. The summed E-state index contributed by atoms with van der Waals surface area (Å²) in [6.07, 6.45) is 1.23. The number of rotatable bonds is 8. The summed E-state index contributed by atoms with van der Waals surface area (Å²) in [6.45, 7) is 1.15. The molecule has 0 aliphatic heterocycles. The lowest BCUT2D eigenvalue weighted by Gasteiger charge is -2.17. The van der Waals surface area contributed by atoms with Crippen molar-refractivity contribution in [2.75, 3.05) is 7.11 Å². The highest BCUT2D eigenvalue weighted by Crippen LogP contribution is 2.34. The standard InChI is InChI=1S/C21H19F3N2O7S3/c1-14(26-36(31,32)21(22,23)24)15-6-9-17(10-7-15)34(27,28)18-11-8-16(33-2)13-19(18)35(29,30)20-5-3-4-12-25-20/h3-14,26H,1-2H3/t14-/m0/s1. The van der Waals surface area contributed by atoms with Gasteiger partial charge in [-0.3, -0.25) is 0 Å². The van der Waals surface area contributed by atoms with E-state index in [1.807, 2.05) is 0 Å². The monoisotopic (exact) mass is 564 g/mol. The molecule has 194 valence electrons. The molecule has 0 radical (unpaired) electrons. The molecule has 3 rings (SSSR count). The highest BCUT2D eigenvalue weighted by molar-refractivity contribution is 7.94. The number of nitrogens with one attached hydrogen (secondary N) is 1. The molecule has 0 saturated heterocycles. The molecule has 0 bridgehead atoms. The van der Waals surface area contributed by atoms with Crippen LogP contribution in [0.1, 0.15) is 18.5 Å². The maximum absolute atomic E-state index is 13.4. The molecule has 36 heavy (non-hydrogen) atoms. The first-order chi connectivity index (χ1) is 16.6. The van der Waals surface area contributed by atoms with Gasteiger partial charge in [0.25, 0.3) is 0 Å². The largest absolute Gasteiger partial charge is 0.511 e. The normalized spacial score (nSPS) is 13.8. The van der Waals surface area contributed by atoms with Crippen molar-refractivity contribution < 1.29 is 43.2 Å². The van der Waals surface area contributed by atoms with Crippen molar-refractivity contribution in [3.8, 4) is 5.75 Å². The second kappa shape index (κ2) is 9.80. The van der Waals surface area contributed by atoms with Crippen LogP contribution in [-0.4, -0.2) is 42.9 Å². The zero-order valence-electron chi connectivity index (χ0n) is 18.6. The van der Waals surface area contributed by atoms with Crippen LogP contribution in [0.5, 0.6) is 5.75 Å². The Morgan fingerprint density at radius 3 is 2.03 bits per heavy atom. The zero-order chi connectivity index (χ0) is 26.9. The molecular formula is C21H19F3N2O7S3. The van der Waals surface area contributed by atoms with Crippen molar-refractivity contribution >= 4 is 29.7 Å². The lowest BCUT2D eigenvalue weighted by molar-refractivity contribution is -0.0450. The maximum Gasteiger partial charge on any atom is 0.511 e. The number of methoxy groups -OCH3 is 1. The SMILES string of the molecule is COc1ccc(S(=O)(=O)c2ccc([C@H](C)NS(=O)(=O)C(F)(F)F)cc2)c(S(=O)(=O)c2ccccn2)c1. The predicted molar refractivity (Wildman–Crippen MR) is 121 cm³/mol. The van der Waals surface area contributed by atoms with Gasteiger partial charge in [0.1, 0.15) is 5.75 Å². The van der Waals surface area contributed by atoms with Gasteiger partial charge in [0, 0.05) is 18.3 Å². The Labute approximate surface area is 205 Å². The van der Waals surface area contributed by atoms with Crippen molar-refractivity contribution in [1.29, 1.82) is 0 Å². The molecule has 3 aromatic rings. The van der Waals surface area contributed by atoms with E-state index in [4.69, 9.17) is 4.74 Å². The lowest BCUT2D eigenvalue weighted by Crippen LogP contribution is -2.37. The van der Waals surface area contributed by atoms with E-state index < -0.39 is 56.1 Å². The smallest absolute Gasteiger partial charge is 0.497 e. The Morgan fingerprint density at radius 2 is 1.50 bits per heavy atom. The third-order valence-corrected chi connectivity index (χ3v) is 9.91. The summed E-state index contributed by atoms with van der Waals surface area (Å²) in [5.74, 6) is 0.0737. The van der Waals surface area contributed by atoms with Crippen molar-refractivity contribution in [3.05, 3.63) is 72.4 Å². The summed E-state index contributed by atoms with van der Waals surface area (Å²) in [6, 6.07) is 10.4. The molecule has 0 aliphatic rings. The molecule has 0 fully saturated rings. The Kier molecular flexibility index (Phi) is 7.51. The van der Waals surface area contributed by atoms with Gasteiger partial charge in [-0.05, 0) is 48.9 Å². The molecule has 0 amide bonds. The van der Waals surface area contributed by atoms with E-state index in [0.29, 0.717) is 0 Å². The van der Waals surface area contributed by atoms with Crippen LogP contribution in [0, 0.1) is 0 Å². The van der Waals surface area contributed by atoms with Crippen molar-refractivity contribution in [3.63, 3.8) is 0 Å². The van der Waals surface area contributed by atoms with Gasteiger partial charge >= 0.3 is 15.5 Å². The highest BCUT2D eigenvalue weighted by atomic mass is 32.2. The van der Waals surface area contributed by atoms with E-state index in [2.05, 4.69) is 4.98 Å². The van der Waals surface area contributed by atoms with Crippen LogP contribution in [0.25, 0.3) is 0 Å². The van der Waals surface area contributed by atoms with Gasteiger partial charge in [-0.1, -0.05) is 18.2 Å². The van der Waals surface area contributed by atoms with Gasteiger partial charge in [-0.15, -0.1) is 0 Å². The minimum Gasteiger partial charge on any atom is -0.497 e. The molecule has 1 heterocycles. The average Bonchev–Trinajstić information content (AvgIpc) is 2.83. The maximum atomic E-state index is 13.4. The molecule has 15 heteroatoms. The van der Waals surface area contributed by atoms with Crippen molar-refractivity contribution in [2.24, 2.45) is 0 Å². The zero-order valence-corrected chi connectivity index (χ0v) is 21.0. The van der Waals surface area contributed by atoms with Crippen LogP contribution in [-0.2, 0) is 29.7 Å². The molecule has 1 aromatic heterocycles. The van der Waals surface area contributed by atoms with Crippen LogP contribution in [0.2, 0.25) is 0 Å². The van der Waals surface area contributed by atoms with Crippen LogP contribution in [0.4, 0.5) is 13.2 Å². The quantitative estimate of drug-likeness (QED) is 0.440. The first-order valence-corrected chi connectivity index (χ1v) is 14.3. The molecular weight excluding hydrogens is 545 g/mol. The van der Waals surface area contributed by atoms with Gasteiger partial charge in [0.2, 0.25) is 19.7 Å². The Balaban J connectivity index is 2.05. The molecule has 0 aliphatic carbocycles. The molecule has 9 nitrogen and oxygen atoms in total. The van der Waals surface area contributed by atoms with Crippen LogP contribution >= 0.6 is 0 Å². The summed E-state index contributed by atoms with van der Waals surface area (Å²) in [5.41, 5.74) is -5.48. The average molecular weight is 565 g/mol. The third-order valence-electron chi connectivity index (χ3n) is 4.97. The second-order valence-corrected chi connectivity index (χ2v) is 12.8. The summed E-state index contributed by atoms with van der Waals surface area (Å²) >= 11 is 0. The third kappa shape index (κ3) is 5.38. The van der Waals surface area contributed by atoms with Gasteiger partial charge in [-0.25, -0.2) is 35.0 Å². The number of pyridine rings is 1. The number of aromatic nitrogens is 1. The van der Waals surface area contributed by atoms with E-state index >= 15 is 0 Å². The number of hydrogen-bond donors (Lipinski definition) is 1. The number of benzene rings is 2. The van der Waals surface area contributed by atoms with Crippen LogP contribution < -0.4 is 9.46 Å². The van der Waals surface area contributed by atoms with E-state index in [1.165, 1.54) is 42.3 Å². The second-order valence-electron chi connectivity index (χ2n) is 7.35. The topological polar surface area (TPSA) is 137 Å². The number of ether oxygens (including phenoxy) is 1. The number of hydrogen-bond acceptors (Lipinski definition) is 8. The van der Waals surface area contributed by atoms with E-state index in [0.717, 1.165) is 43.3 Å².